The molecule has 0 saturated heterocycles. The number of hydrogen-bond acceptors (Lipinski definition) is 1. The van der Waals surface area contributed by atoms with Crippen LogP contribution in [0.15, 0.2) is 0 Å². The van der Waals surface area contributed by atoms with Gasteiger partial charge in [-0.2, -0.15) is 0 Å². The second kappa shape index (κ2) is 2.55. The summed E-state index contributed by atoms with van der Waals surface area (Å²) in [7, 11) is 1.61. The summed E-state index contributed by atoms with van der Waals surface area (Å²) in [5, 5.41) is 0. The molecule has 0 aromatic carbocycles. The minimum Gasteiger partial charge on any atom is -0.324 e. The van der Waals surface area contributed by atoms with E-state index in [0.29, 0.717) is 0 Å². The van der Waals surface area contributed by atoms with Gasteiger partial charge < -0.3 is 4.90 Å². The molecule has 0 rings (SSSR count). The first-order valence-corrected chi connectivity index (χ1v) is 2.54. The van der Waals surface area contributed by atoms with E-state index in [1.807, 2.05) is 13.8 Å². The summed E-state index contributed by atoms with van der Waals surface area (Å²) in [5.74, 6) is 0. The number of carbonyl (C=O) groups is 1. The molecule has 0 heterocycles. The molecule has 0 bridgehead atoms. The van der Waals surface area contributed by atoms with Gasteiger partial charge in [0.05, 0.1) is 0 Å². The van der Waals surface area contributed by atoms with E-state index >= 15 is 0 Å². The Morgan fingerprint density at radius 3 is 2.00 bits per heavy atom. The van der Waals surface area contributed by atoms with Crippen molar-refractivity contribution in [3.63, 3.8) is 0 Å². The zero-order valence-corrected chi connectivity index (χ0v) is 5.43. The highest BCUT2D eigenvalue weighted by Crippen LogP contribution is 1.90. The fourth-order valence-electron chi connectivity index (χ4n) is 0.235. The van der Waals surface area contributed by atoms with Crippen LogP contribution in [0.3, 0.4) is 0 Å². The van der Waals surface area contributed by atoms with Crippen LogP contribution >= 0.6 is 0 Å². The van der Waals surface area contributed by atoms with Crippen LogP contribution < -0.4 is 5.73 Å². The predicted molar refractivity (Wildman–Crippen MR) is 31.4 cm³/mol. The third kappa shape index (κ3) is 1.82. The first kappa shape index (κ1) is 7.27. The minimum atomic E-state index is -0.625. The lowest BCUT2D eigenvalue weighted by molar-refractivity contribution is 0.206. The first-order chi connectivity index (χ1) is 3.55. The standard InChI is InChI=1S/C5H11N2O/c1-4(2)7(3)5(6)8/h4,6H,1-3H3. The Bertz CT molecular complexity index is 90.4. The van der Waals surface area contributed by atoms with Crippen molar-refractivity contribution in [2.24, 2.45) is 0 Å². The first-order valence-electron chi connectivity index (χ1n) is 2.54. The molecule has 0 aromatic rings. The van der Waals surface area contributed by atoms with E-state index in [1.54, 1.807) is 7.05 Å². The Morgan fingerprint density at radius 2 is 2.00 bits per heavy atom. The van der Waals surface area contributed by atoms with E-state index in [-0.39, 0.29) is 6.04 Å². The second-order valence-corrected chi connectivity index (χ2v) is 2.01. The van der Waals surface area contributed by atoms with Crippen LogP contribution in [0.5, 0.6) is 0 Å². The van der Waals surface area contributed by atoms with Crippen LogP contribution in [0, 0.1) is 0 Å². The lowest BCUT2D eigenvalue weighted by Crippen LogP contribution is -2.32. The molecule has 0 atom stereocenters. The summed E-state index contributed by atoms with van der Waals surface area (Å²) in [6, 6.07) is -0.486. The fourth-order valence-corrected chi connectivity index (χ4v) is 0.235. The summed E-state index contributed by atoms with van der Waals surface area (Å²) in [4.78, 5) is 11.5. The van der Waals surface area contributed by atoms with Crippen molar-refractivity contribution >= 4 is 6.03 Å². The molecule has 0 unspecified atom stereocenters. The van der Waals surface area contributed by atoms with Crippen LogP contribution in [0.4, 0.5) is 4.79 Å². The smallest absolute Gasteiger partial charge is 0.324 e. The second-order valence-electron chi connectivity index (χ2n) is 2.01. The average molecular weight is 115 g/mol. The molecule has 2 amide bonds. The van der Waals surface area contributed by atoms with Crippen molar-refractivity contribution < 1.29 is 4.79 Å². The zero-order chi connectivity index (χ0) is 6.73. The topological polar surface area (TPSA) is 44.1 Å². The van der Waals surface area contributed by atoms with Gasteiger partial charge in [-0.15, -0.1) is 0 Å². The summed E-state index contributed by atoms with van der Waals surface area (Å²) < 4.78 is 0. The molecule has 3 heteroatoms. The van der Waals surface area contributed by atoms with Gasteiger partial charge in [0.2, 0.25) is 0 Å². The van der Waals surface area contributed by atoms with Crippen LogP contribution in [0.1, 0.15) is 13.8 Å². The lowest BCUT2D eigenvalue weighted by Gasteiger charge is -2.16. The highest BCUT2D eigenvalue weighted by Gasteiger charge is 2.05. The Hall–Kier alpha value is -0.730. The van der Waals surface area contributed by atoms with Gasteiger partial charge in [-0.25, -0.2) is 10.5 Å². The van der Waals surface area contributed by atoms with Crippen molar-refractivity contribution in [1.82, 2.24) is 10.6 Å². The van der Waals surface area contributed by atoms with E-state index in [4.69, 9.17) is 5.73 Å². The minimum absolute atomic E-state index is 0.139. The van der Waals surface area contributed by atoms with Gasteiger partial charge in [0, 0.05) is 13.1 Å². The number of carbonyl (C=O) groups excluding carboxylic acids is 1. The Kier molecular flexibility index (Phi) is 2.31. The Morgan fingerprint density at radius 1 is 1.62 bits per heavy atom. The lowest BCUT2D eigenvalue weighted by atomic mass is 10.4. The van der Waals surface area contributed by atoms with E-state index in [9.17, 15) is 4.79 Å². The van der Waals surface area contributed by atoms with Gasteiger partial charge in [0.25, 0.3) is 0 Å². The molecule has 0 fully saturated rings. The van der Waals surface area contributed by atoms with Gasteiger partial charge >= 0.3 is 6.03 Å². The van der Waals surface area contributed by atoms with Crippen molar-refractivity contribution in [3.05, 3.63) is 0 Å². The molecule has 3 nitrogen and oxygen atoms in total. The molecule has 1 radical (unpaired) electrons. The summed E-state index contributed by atoms with van der Waals surface area (Å²) in [6.07, 6.45) is 0. The van der Waals surface area contributed by atoms with Crippen molar-refractivity contribution in [1.29, 1.82) is 0 Å². The van der Waals surface area contributed by atoms with Gasteiger partial charge in [0.15, 0.2) is 0 Å². The molecule has 0 aliphatic heterocycles. The van der Waals surface area contributed by atoms with Crippen molar-refractivity contribution in [3.8, 4) is 0 Å². The number of nitrogens with one attached hydrogen (secondary N) is 1. The molecule has 0 aliphatic carbocycles. The number of urea groups is 1. The fraction of sp³-hybridized carbons (Fsp3) is 0.800. The van der Waals surface area contributed by atoms with Crippen molar-refractivity contribution in [2.45, 2.75) is 19.9 Å². The maximum absolute atomic E-state index is 10.2. The van der Waals surface area contributed by atoms with Gasteiger partial charge in [-0.3, -0.25) is 0 Å². The predicted octanol–water partition coefficient (Wildman–Crippen LogP) is 0.730. The molecule has 47 valence electrons. The monoisotopic (exact) mass is 115 g/mol. The maximum Gasteiger partial charge on any atom is 0.336 e. The number of rotatable bonds is 1. The highest BCUT2D eigenvalue weighted by atomic mass is 16.2. The maximum atomic E-state index is 10.2. The highest BCUT2D eigenvalue weighted by molar-refractivity contribution is 5.70. The van der Waals surface area contributed by atoms with E-state index in [1.165, 1.54) is 4.90 Å². The number of nitrogens with zero attached hydrogens (tertiary/aromatic N) is 1. The van der Waals surface area contributed by atoms with E-state index in [2.05, 4.69) is 0 Å². The molecule has 0 aromatic heterocycles. The van der Waals surface area contributed by atoms with Gasteiger partial charge in [-0.05, 0) is 13.8 Å². The van der Waals surface area contributed by atoms with Crippen LogP contribution in [-0.2, 0) is 0 Å². The molecule has 8 heavy (non-hydrogen) atoms. The molecule has 0 spiro atoms. The molecule has 0 aliphatic rings. The third-order valence-electron chi connectivity index (χ3n) is 1.09. The van der Waals surface area contributed by atoms with Crippen molar-refractivity contribution in [2.75, 3.05) is 7.05 Å². The average Bonchev–Trinajstić information content (AvgIpc) is 1.64. The Balaban J connectivity index is 3.64. The zero-order valence-electron chi connectivity index (χ0n) is 5.43. The summed E-state index contributed by atoms with van der Waals surface area (Å²) >= 11 is 0. The van der Waals surface area contributed by atoms with Gasteiger partial charge in [-0.1, -0.05) is 0 Å². The normalized spacial score (nSPS) is 9.50. The molecular weight excluding hydrogens is 104 g/mol. The van der Waals surface area contributed by atoms with E-state index < -0.39 is 6.03 Å². The SMILES string of the molecule is CC(C)N(C)C([NH])=O. The van der Waals surface area contributed by atoms with Crippen LogP contribution in [0.25, 0.3) is 0 Å². The number of amides is 2. The van der Waals surface area contributed by atoms with E-state index in [0.717, 1.165) is 0 Å². The molecular formula is C5H11N2O. The summed E-state index contributed by atoms with van der Waals surface area (Å²) in [5.41, 5.74) is 6.60. The van der Waals surface area contributed by atoms with Crippen LogP contribution in [0.2, 0.25) is 0 Å². The largest absolute Gasteiger partial charge is 0.336 e. The third-order valence-corrected chi connectivity index (χ3v) is 1.09. The van der Waals surface area contributed by atoms with Gasteiger partial charge in [0.1, 0.15) is 0 Å². The Labute approximate surface area is 49.5 Å². The number of hydrogen-bond donors (Lipinski definition) is 0. The molecule has 1 N–H and O–H groups in total. The van der Waals surface area contributed by atoms with Crippen LogP contribution in [-0.4, -0.2) is 24.0 Å². The summed E-state index contributed by atoms with van der Waals surface area (Å²) in [6.45, 7) is 3.74. The molecule has 0 saturated carbocycles. The quantitative estimate of drug-likeness (QED) is 0.496.